The maximum absolute atomic E-state index is 2.38. The van der Waals surface area contributed by atoms with Gasteiger partial charge in [0, 0.05) is 0 Å². The van der Waals surface area contributed by atoms with Crippen LogP contribution in [0.15, 0.2) is 12.2 Å². The van der Waals surface area contributed by atoms with Crippen molar-refractivity contribution in [2.45, 2.75) is 46.0 Å². The third-order valence-corrected chi connectivity index (χ3v) is 3.07. The van der Waals surface area contributed by atoms with E-state index in [2.05, 4.69) is 32.4 Å². The number of hydrogen-bond acceptors (Lipinski definition) is 0. The molecule has 0 aromatic carbocycles. The summed E-state index contributed by atoms with van der Waals surface area (Å²) in [6.45, 7) is 4.53. The van der Waals surface area contributed by atoms with E-state index < -0.39 is 0 Å². The zero-order valence-corrected chi connectivity index (χ0v) is 8.42. The van der Waals surface area contributed by atoms with Gasteiger partial charge in [0.2, 0.25) is 0 Å². The van der Waals surface area contributed by atoms with E-state index in [4.69, 9.17) is 0 Å². The molecular weight excluding hydrogens is 144 g/mol. The molecule has 0 bridgehead atoms. The van der Waals surface area contributed by atoms with E-state index in [-0.39, 0.29) is 0 Å². The lowest BCUT2D eigenvalue weighted by Gasteiger charge is -2.22. The molecule has 0 heterocycles. The maximum Gasteiger partial charge on any atom is -0.0320 e. The van der Waals surface area contributed by atoms with Gasteiger partial charge in [-0.15, -0.1) is 0 Å². The predicted octanol–water partition coefficient (Wildman–Crippen LogP) is 3.98. The molecule has 1 rings (SSSR count). The highest BCUT2D eigenvalue weighted by Gasteiger charge is 2.14. The molecule has 0 aromatic rings. The molecule has 12 heavy (non-hydrogen) atoms. The second-order valence-electron chi connectivity index (χ2n) is 3.94. The van der Waals surface area contributed by atoms with E-state index in [9.17, 15) is 0 Å². The van der Waals surface area contributed by atoms with Gasteiger partial charge < -0.3 is 0 Å². The summed E-state index contributed by atoms with van der Waals surface area (Å²) in [4.78, 5) is 0. The molecule has 1 radical (unpaired) electrons. The van der Waals surface area contributed by atoms with Crippen molar-refractivity contribution in [3.8, 4) is 0 Å². The first-order valence-corrected chi connectivity index (χ1v) is 5.29. The SMILES string of the molecule is C[CH]C(C)C1CC=CCCCC1. The fourth-order valence-corrected chi connectivity index (χ4v) is 1.93. The van der Waals surface area contributed by atoms with E-state index in [0.717, 1.165) is 11.8 Å². The Morgan fingerprint density at radius 1 is 1.33 bits per heavy atom. The summed E-state index contributed by atoms with van der Waals surface area (Å²) in [5, 5.41) is 0. The molecule has 0 saturated heterocycles. The van der Waals surface area contributed by atoms with Crippen molar-refractivity contribution < 1.29 is 0 Å². The van der Waals surface area contributed by atoms with Crippen LogP contribution in [0.2, 0.25) is 0 Å². The Balaban J connectivity index is 2.39. The Morgan fingerprint density at radius 2 is 2.17 bits per heavy atom. The van der Waals surface area contributed by atoms with E-state index in [1.165, 1.54) is 32.1 Å². The smallest absolute Gasteiger partial charge is 0.0320 e. The van der Waals surface area contributed by atoms with Gasteiger partial charge >= 0.3 is 0 Å². The summed E-state index contributed by atoms with van der Waals surface area (Å²) >= 11 is 0. The van der Waals surface area contributed by atoms with Crippen LogP contribution in [0.4, 0.5) is 0 Å². The van der Waals surface area contributed by atoms with Gasteiger partial charge in [0.15, 0.2) is 0 Å². The van der Waals surface area contributed by atoms with Gasteiger partial charge in [0.25, 0.3) is 0 Å². The molecule has 1 aliphatic rings. The van der Waals surface area contributed by atoms with Crippen LogP contribution < -0.4 is 0 Å². The van der Waals surface area contributed by atoms with Gasteiger partial charge in [-0.05, 0) is 43.9 Å². The molecule has 1 aliphatic carbocycles. The molecule has 2 atom stereocenters. The molecule has 0 saturated carbocycles. The Labute approximate surface area is 77.1 Å². The second kappa shape index (κ2) is 5.40. The zero-order chi connectivity index (χ0) is 8.81. The quantitative estimate of drug-likeness (QED) is 0.543. The van der Waals surface area contributed by atoms with Gasteiger partial charge in [0.05, 0.1) is 0 Å². The average Bonchev–Trinajstić information content (AvgIpc) is 2.02. The summed E-state index contributed by atoms with van der Waals surface area (Å²) in [6.07, 6.45) is 13.9. The monoisotopic (exact) mass is 165 g/mol. The number of rotatable bonds is 2. The minimum absolute atomic E-state index is 0.799. The van der Waals surface area contributed by atoms with Crippen molar-refractivity contribution in [1.29, 1.82) is 0 Å². The summed E-state index contributed by atoms with van der Waals surface area (Å²) in [5.74, 6) is 1.71. The van der Waals surface area contributed by atoms with Crippen LogP contribution >= 0.6 is 0 Å². The van der Waals surface area contributed by atoms with Gasteiger partial charge in [-0.2, -0.15) is 0 Å². The summed E-state index contributed by atoms with van der Waals surface area (Å²) in [5.41, 5.74) is 0. The van der Waals surface area contributed by atoms with Crippen molar-refractivity contribution in [2.75, 3.05) is 0 Å². The highest BCUT2D eigenvalue weighted by atomic mass is 14.2. The molecule has 0 N–H and O–H groups in total. The zero-order valence-electron chi connectivity index (χ0n) is 8.42. The van der Waals surface area contributed by atoms with E-state index in [1.54, 1.807) is 0 Å². The van der Waals surface area contributed by atoms with Crippen LogP contribution in [-0.2, 0) is 0 Å². The van der Waals surface area contributed by atoms with Crippen molar-refractivity contribution in [2.24, 2.45) is 11.8 Å². The lowest BCUT2D eigenvalue weighted by molar-refractivity contribution is 0.359. The second-order valence-corrected chi connectivity index (χ2v) is 3.94. The van der Waals surface area contributed by atoms with E-state index in [1.807, 2.05) is 0 Å². The average molecular weight is 165 g/mol. The van der Waals surface area contributed by atoms with Crippen molar-refractivity contribution in [1.82, 2.24) is 0 Å². The Hall–Kier alpha value is -0.260. The Kier molecular flexibility index (Phi) is 4.42. The Bertz CT molecular complexity index is 135. The first kappa shape index (κ1) is 9.83. The van der Waals surface area contributed by atoms with Crippen LogP contribution in [0.5, 0.6) is 0 Å². The van der Waals surface area contributed by atoms with Crippen LogP contribution in [0, 0.1) is 18.3 Å². The number of allylic oxidation sites excluding steroid dienone is 2. The molecule has 0 spiro atoms. The van der Waals surface area contributed by atoms with Crippen LogP contribution in [0.25, 0.3) is 0 Å². The number of hydrogen-bond donors (Lipinski definition) is 0. The predicted molar refractivity (Wildman–Crippen MR) is 54.9 cm³/mol. The first-order valence-electron chi connectivity index (χ1n) is 5.29. The van der Waals surface area contributed by atoms with Gasteiger partial charge in [-0.1, -0.05) is 32.4 Å². The van der Waals surface area contributed by atoms with Crippen molar-refractivity contribution in [3.05, 3.63) is 18.6 Å². The molecular formula is C12H21. The fraction of sp³-hybridized carbons (Fsp3) is 0.750. The third kappa shape index (κ3) is 3.00. The highest BCUT2D eigenvalue weighted by Crippen LogP contribution is 2.26. The molecule has 0 amide bonds. The third-order valence-electron chi connectivity index (χ3n) is 3.07. The molecule has 0 nitrogen and oxygen atoms in total. The van der Waals surface area contributed by atoms with Crippen LogP contribution in [0.1, 0.15) is 46.0 Å². The van der Waals surface area contributed by atoms with Crippen LogP contribution in [-0.4, -0.2) is 0 Å². The standard InChI is InChI=1S/C12H21/c1-3-11(2)12-9-7-5-4-6-8-10-12/h3,5,7,11-12H,4,6,8-10H2,1-2H3. The molecule has 0 fully saturated rings. The normalized spacial score (nSPS) is 27.7. The van der Waals surface area contributed by atoms with Gasteiger partial charge in [0.1, 0.15) is 0 Å². The minimum atomic E-state index is 0.799. The molecule has 0 aromatic heterocycles. The summed E-state index contributed by atoms with van der Waals surface area (Å²) < 4.78 is 0. The molecule has 0 heteroatoms. The largest absolute Gasteiger partial charge is 0.0885 e. The van der Waals surface area contributed by atoms with Crippen molar-refractivity contribution in [3.63, 3.8) is 0 Å². The lowest BCUT2D eigenvalue weighted by Crippen LogP contribution is -2.11. The van der Waals surface area contributed by atoms with Crippen LogP contribution in [0.3, 0.4) is 0 Å². The highest BCUT2D eigenvalue weighted by molar-refractivity contribution is 4.89. The Morgan fingerprint density at radius 3 is 2.92 bits per heavy atom. The van der Waals surface area contributed by atoms with Gasteiger partial charge in [-0.25, -0.2) is 0 Å². The summed E-state index contributed by atoms with van der Waals surface area (Å²) in [6, 6.07) is 0. The first-order chi connectivity index (χ1) is 5.84. The minimum Gasteiger partial charge on any atom is -0.0885 e. The fourth-order valence-electron chi connectivity index (χ4n) is 1.93. The van der Waals surface area contributed by atoms with Gasteiger partial charge in [-0.3, -0.25) is 0 Å². The maximum atomic E-state index is 2.38. The topological polar surface area (TPSA) is 0 Å². The van der Waals surface area contributed by atoms with E-state index >= 15 is 0 Å². The molecule has 2 unspecified atom stereocenters. The lowest BCUT2D eigenvalue weighted by atomic mass is 9.83. The molecule has 69 valence electrons. The molecule has 0 aliphatic heterocycles. The summed E-state index contributed by atoms with van der Waals surface area (Å²) in [7, 11) is 0. The van der Waals surface area contributed by atoms with Crippen molar-refractivity contribution >= 4 is 0 Å². The van der Waals surface area contributed by atoms with E-state index in [0.29, 0.717) is 0 Å².